The Bertz CT molecular complexity index is 1170. The van der Waals surface area contributed by atoms with E-state index in [9.17, 15) is 14.4 Å². The molecule has 10 heteroatoms. The lowest BCUT2D eigenvalue weighted by Gasteiger charge is -2.28. The number of aryl methyl sites for hydroxylation is 1. The molecule has 0 atom stereocenters. The lowest BCUT2D eigenvalue weighted by molar-refractivity contribution is -0.129. The summed E-state index contributed by atoms with van der Waals surface area (Å²) in [6.45, 7) is 7.10. The summed E-state index contributed by atoms with van der Waals surface area (Å²) in [5.41, 5.74) is 2.18. The molecule has 8 nitrogen and oxygen atoms in total. The van der Waals surface area contributed by atoms with Gasteiger partial charge in [-0.25, -0.2) is 9.78 Å². The zero-order valence-electron chi connectivity index (χ0n) is 20.3. The monoisotopic (exact) mass is 506 g/mol. The van der Waals surface area contributed by atoms with Crippen LogP contribution in [0.1, 0.15) is 42.5 Å². The SMILES string of the molecule is Cc1nc2c(c(-c3ccc(Cl)cc3Cl)c1N(C)C(=O)OC(C)(C)C)CN(CC(=O)N(C)C)C2=O. The van der Waals surface area contributed by atoms with Gasteiger partial charge >= 0.3 is 6.09 Å². The summed E-state index contributed by atoms with van der Waals surface area (Å²) in [5.74, 6) is -0.568. The quantitative estimate of drug-likeness (QED) is 0.595. The lowest BCUT2D eigenvalue weighted by atomic mass is 9.96. The Morgan fingerprint density at radius 3 is 2.38 bits per heavy atom. The second-order valence-corrected chi connectivity index (χ2v) is 10.2. The number of halogens is 2. The van der Waals surface area contributed by atoms with Gasteiger partial charge in [-0.05, 0) is 39.8 Å². The summed E-state index contributed by atoms with van der Waals surface area (Å²) in [4.78, 5) is 47.2. The van der Waals surface area contributed by atoms with E-state index in [1.54, 1.807) is 67.0 Å². The zero-order chi connectivity index (χ0) is 25.5. The molecule has 0 spiro atoms. The third-order valence-corrected chi connectivity index (χ3v) is 5.86. The first-order valence-corrected chi connectivity index (χ1v) is 11.4. The molecule has 0 saturated carbocycles. The number of nitrogens with zero attached hydrogens (tertiary/aromatic N) is 4. The van der Waals surface area contributed by atoms with Crippen molar-refractivity contribution in [1.82, 2.24) is 14.8 Å². The highest BCUT2D eigenvalue weighted by atomic mass is 35.5. The van der Waals surface area contributed by atoms with Gasteiger partial charge in [0.25, 0.3) is 5.91 Å². The fourth-order valence-corrected chi connectivity index (χ4v) is 4.22. The number of hydrogen-bond donors (Lipinski definition) is 0. The number of anilines is 1. The van der Waals surface area contributed by atoms with Gasteiger partial charge in [0.1, 0.15) is 17.8 Å². The average molecular weight is 507 g/mol. The van der Waals surface area contributed by atoms with Crippen LogP contribution >= 0.6 is 23.2 Å². The Hall–Kier alpha value is -2.84. The number of benzene rings is 1. The van der Waals surface area contributed by atoms with E-state index < -0.39 is 11.7 Å². The number of aromatic nitrogens is 1. The summed E-state index contributed by atoms with van der Waals surface area (Å²) in [5, 5.41) is 0.807. The van der Waals surface area contributed by atoms with Gasteiger partial charge in [-0.15, -0.1) is 0 Å². The highest BCUT2D eigenvalue weighted by Gasteiger charge is 2.37. The number of fused-ring (bicyclic) bond motifs is 1. The first kappa shape index (κ1) is 25.8. The summed E-state index contributed by atoms with van der Waals surface area (Å²) in [6, 6.07) is 5.03. The van der Waals surface area contributed by atoms with Crippen LogP contribution in [0.2, 0.25) is 10.0 Å². The fourth-order valence-electron chi connectivity index (χ4n) is 3.72. The minimum atomic E-state index is -0.708. The van der Waals surface area contributed by atoms with Crippen molar-refractivity contribution in [3.8, 4) is 11.1 Å². The molecule has 0 radical (unpaired) electrons. The summed E-state index contributed by atoms with van der Waals surface area (Å²) in [6.07, 6.45) is -0.576. The normalized spacial score (nSPS) is 13.1. The van der Waals surface area contributed by atoms with Gasteiger partial charge in [0.15, 0.2) is 0 Å². The van der Waals surface area contributed by atoms with Gasteiger partial charge in [-0.1, -0.05) is 29.3 Å². The number of hydrogen-bond acceptors (Lipinski definition) is 5. The van der Waals surface area contributed by atoms with Gasteiger partial charge in [-0.3, -0.25) is 14.5 Å². The summed E-state index contributed by atoms with van der Waals surface area (Å²) in [7, 11) is 4.85. The Balaban J connectivity index is 2.22. The van der Waals surface area contributed by atoms with Gasteiger partial charge in [0.2, 0.25) is 5.91 Å². The van der Waals surface area contributed by atoms with Crippen LogP contribution in [0.3, 0.4) is 0 Å². The molecule has 0 aliphatic carbocycles. The first-order chi connectivity index (χ1) is 15.7. The van der Waals surface area contributed by atoms with Crippen molar-refractivity contribution in [2.75, 3.05) is 32.6 Å². The van der Waals surface area contributed by atoms with Crippen molar-refractivity contribution in [3.05, 3.63) is 45.2 Å². The molecule has 0 fully saturated rings. The Morgan fingerprint density at radius 1 is 1.18 bits per heavy atom. The van der Waals surface area contributed by atoms with Crippen LogP contribution in [0.5, 0.6) is 0 Å². The number of ether oxygens (including phenoxy) is 1. The molecule has 0 saturated heterocycles. The van der Waals surface area contributed by atoms with Crippen LogP contribution in [0.25, 0.3) is 11.1 Å². The van der Waals surface area contributed by atoms with Gasteiger partial charge in [0, 0.05) is 54.4 Å². The van der Waals surface area contributed by atoms with E-state index in [4.69, 9.17) is 27.9 Å². The average Bonchev–Trinajstić information content (AvgIpc) is 3.01. The maximum absolute atomic E-state index is 13.2. The van der Waals surface area contributed by atoms with E-state index in [0.29, 0.717) is 38.1 Å². The van der Waals surface area contributed by atoms with E-state index >= 15 is 0 Å². The summed E-state index contributed by atoms with van der Waals surface area (Å²) >= 11 is 12.7. The van der Waals surface area contributed by atoms with Crippen molar-refractivity contribution in [2.24, 2.45) is 0 Å². The molecule has 34 heavy (non-hydrogen) atoms. The molecule has 3 amide bonds. The standard InChI is InChI=1S/C24H28Cl2N4O4/c1-13-21(29(7)23(33)34-24(2,3)4)19(15-9-8-14(25)10-17(15)26)16-11-30(12-18(31)28(5)6)22(32)20(16)27-13/h8-10H,11-12H2,1-7H3. The van der Waals surface area contributed by atoms with Crippen LogP contribution in [0.4, 0.5) is 10.5 Å². The zero-order valence-corrected chi connectivity index (χ0v) is 21.8. The first-order valence-electron chi connectivity index (χ1n) is 10.7. The summed E-state index contributed by atoms with van der Waals surface area (Å²) < 4.78 is 5.57. The van der Waals surface area contributed by atoms with Crippen LogP contribution in [0, 0.1) is 6.92 Å². The second-order valence-electron chi connectivity index (χ2n) is 9.36. The number of likely N-dealkylation sites (N-methyl/N-ethyl adjacent to an activating group) is 1. The minimum Gasteiger partial charge on any atom is -0.443 e. The van der Waals surface area contributed by atoms with Gasteiger partial charge in [-0.2, -0.15) is 0 Å². The fraction of sp³-hybridized carbons (Fsp3) is 0.417. The molecule has 2 heterocycles. The largest absolute Gasteiger partial charge is 0.443 e. The molecule has 1 aliphatic heterocycles. The Kier molecular flexibility index (Phi) is 7.15. The number of pyridine rings is 1. The smallest absolute Gasteiger partial charge is 0.414 e. The molecule has 1 aliphatic rings. The van der Waals surface area contributed by atoms with Crippen LogP contribution in [-0.4, -0.2) is 66.0 Å². The lowest BCUT2D eigenvalue weighted by Crippen LogP contribution is -2.36. The van der Waals surface area contributed by atoms with Gasteiger partial charge < -0.3 is 14.5 Å². The predicted molar refractivity (Wildman–Crippen MR) is 133 cm³/mol. The maximum atomic E-state index is 13.2. The van der Waals surface area contributed by atoms with Crippen molar-refractivity contribution in [3.63, 3.8) is 0 Å². The number of amides is 3. The molecular formula is C24H28Cl2N4O4. The van der Waals surface area contributed by atoms with E-state index in [-0.39, 0.29) is 30.6 Å². The van der Waals surface area contributed by atoms with Crippen LogP contribution in [0.15, 0.2) is 18.2 Å². The third kappa shape index (κ3) is 5.13. The topological polar surface area (TPSA) is 83.1 Å². The molecule has 0 N–H and O–H groups in total. The molecule has 1 aromatic carbocycles. The maximum Gasteiger partial charge on any atom is 0.414 e. The second kappa shape index (κ2) is 9.43. The Labute approximate surface area is 209 Å². The molecular weight excluding hydrogens is 479 g/mol. The van der Waals surface area contributed by atoms with Crippen molar-refractivity contribution >= 4 is 46.8 Å². The molecule has 1 aromatic heterocycles. The van der Waals surface area contributed by atoms with Crippen LogP contribution < -0.4 is 4.90 Å². The molecule has 182 valence electrons. The van der Waals surface area contributed by atoms with E-state index in [0.717, 1.165) is 0 Å². The number of rotatable bonds is 4. The molecule has 2 aromatic rings. The van der Waals surface area contributed by atoms with Crippen molar-refractivity contribution in [1.29, 1.82) is 0 Å². The highest BCUT2D eigenvalue weighted by molar-refractivity contribution is 6.36. The van der Waals surface area contributed by atoms with Crippen LogP contribution in [-0.2, 0) is 16.1 Å². The molecule has 0 bridgehead atoms. The highest BCUT2D eigenvalue weighted by Crippen LogP contribution is 2.44. The van der Waals surface area contributed by atoms with Gasteiger partial charge in [0.05, 0.1) is 11.4 Å². The van der Waals surface area contributed by atoms with E-state index in [2.05, 4.69) is 4.98 Å². The minimum absolute atomic E-state index is 0.0910. The molecule has 3 rings (SSSR count). The third-order valence-electron chi connectivity index (χ3n) is 5.31. The predicted octanol–water partition coefficient (Wildman–Crippen LogP) is 4.78. The Morgan fingerprint density at radius 2 is 1.82 bits per heavy atom. The van der Waals surface area contributed by atoms with E-state index in [1.807, 2.05) is 0 Å². The number of carbonyl (C=O) groups is 3. The van der Waals surface area contributed by atoms with Crippen molar-refractivity contribution < 1.29 is 19.1 Å². The number of carbonyl (C=O) groups excluding carboxylic acids is 3. The van der Waals surface area contributed by atoms with Crippen molar-refractivity contribution in [2.45, 2.75) is 39.8 Å². The molecule has 0 unspecified atom stereocenters. The van der Waals surface area contributed by atoms with E-state index in [1.165, 1.54) is 14.7 Å².